The molecule has 1 unspecified atom stereocenters. The third kappa shape index (κ3) is 5.61. The fourth-order valence-corrected chi connectivity index (χ4v) is 4.61. The number of nitrogens with zero attached hydrogens (tertiary/aromatic N) is 3. The number of aliphatic hydroxyl groups is 1. The first kappa shape index (κ1) is 22.8. The van der Waals surface area contributed by atoms with Gasteiger partial charge in [-0.3, -0.25) is 4.99 Å². The average molecular weight is 537 g/mol. The maximum Gasteiger partial charge on any atom is 0.191 e. The molecule has 1 aromatic carbocycles. The zero-order valence-electron chi connectivity index (χ0n) is 17.0. The van der Waals surface area contributed by atoms with Gasteiger partial charge >= 0.3 is 0 Å². The molecule has 0 radical (unpaired) electrons. The number of pyridine rings is 1. The summed E-state index contributed by atoms with van der Waals surface area (Å²) in [6.07, 6.45) is 3.77. The first-order valence-corrected chi connectivity index (χ1v) is 10.9. The summed E-state index contributed by atoms with van der Waals surface area (Å²) >= 11 is 1.63. The molecule has 1 saturated heterocycles. The van der Waals surface area contributed by atoms with Crippen molar-refractivity contribution in [2.24, 2.45) is 4.99 Å². The Kier molecular flexibility index (Phi) is 8.29. The van der Waals surface area contributed by atoms with Gasteiger partial charge in [0, 0.05) is 49.0 Å². The number of fused-ring (bicyclic) bond motifs is 1. The van der Waals surface area contributed by atoms with Gasteiger partial charge in [-0.25, -0.2) is 4.98 Å². The van der Waals surface area contributed by atoms with E-state index >= 15 is 0 Å². The highest BCUT2D eigenvalue weighted by atomic mass is 127. The molecule has 1 fully saturated rings. The smallest absolute Gasteiger partial charge is 0.191 e. The molecule has 1 atom stereocenters. The number of guanidine groups is 1. The lowest BCUT2D eigenvalue weighted by Crippen LogP contribution is -2.38. The molecule has 4 rings (SSSR count). The molecule has 0 bridgehead atoms. The van der Waals surface area contributed by atoms with E-state index in [2.05, 4.69) is 49.8 Å². The number of halogens is 1. The number of aliphatic hydroxyl groups excluding tert-OH is 1. The predicted octanol–water partition coefficient (Wildman–Crippen LogP) is 3.91. The minimum Gasteiger partial charge on any atom is -0.386 e. The van der Waals surface area contributed by atoms with E-state index in [0.29, 0.717) is 19.0 Å². The summed E-state index contributed by atoms with van der Waals surface area (Å²) in [4.78, 5) is 12.1. The molecule has 3 N–H and O–H groups in total. The highest BCUT2D eigenvalue weighted by molar-refractivity contribution is 14.0. The second-order valence-electron chi connectivity index (χ2n) is 7.23. The fourth-order valence-electron chi connectivity index (χ4n) is 3.56. The Morgan fingerprint density at radius 2 is 2.00 bits per heavy atom. The van der Waals surface area contributed by atoms with Crippen molar-refractivity contribution >= 4 is 57.2 Å². The number of anilines is 1. The molecule has 3 aromatic rings. The van der Waals surface area contributed by atoms with Crippen LogP contribution < -0.4 is 15.5 Å². The Morgan fingerprint density at radius 3 is 2.77 bits per heavy atom. The van der Waals surface area contributed by atoms with E-state index in [1.807, 2.05) is 24.4 Å². The first-order valence-electron chi connectivity index (χ1n) is 10.0. The van der Waals surface area contributed by atoms with E-state index in [1.165, 1.54) is 22.9 Å². The van der Waals surface area contributed by atoms with E-state index in [1.54, 1.807) is 18.4 Å². The third-order valence-electron chi connectivity index (χ3n) is 5.16. The maximum atomic E-state index is 10.6. The van der Waals surface area contributed by atoms with E-state index in [4.69, 9.17) is 0 Å². The topological polar surface area (TPSA) is 72.8 Å². The van der Waals surface area contributed by atoms with Gasteiger partial charge in [0.25, 0.3) is 0 Å². The molecule has 0 aliphatic carbocycles. The van der Waals surface area contributed by atoms with Crippen LogP contribution in [0.3, 0.4) is 0 Å². The SMILES string of the molecule is CN=C(NCc1ccnc(N2CCCC2)c1)NCC(O)c1cc2ccccc2s1.I. The van der Waals surface area contributed by atoms with E-state index < -0.39 is 6.10 Å². The molecule has 2 aromatic heterocycles. The van der Waals surface area contributed by atoms with E-state index in [-0.39, 0.29) is 24.0 Å². The number of hydrogen-bond donors (Lipinski definition) is 3. The minimum absolute atomic E-state index is 0. The van der Waals surface area contributed by atoms with Crippen LogP contribution in [0, 0.1) is 0 Å². The van der Waals surface area contributed by atoms with Crippen LogP contribution in [0.4, 0.5) is 5.82 Å². The maximum absolute atomic E-state index is 10.6. The molecule has 160 valence electrons. The summed E-state index contributed by atoms with van der Waals surface area (Å²) in [5.41, 5.74) is 1.16. The zero-order valence-corrected chi connectivity index (χ0v) is 20.2. The molecule has 1 aliphatic rings. The van der Waals surface area contributed by atoms with Crippen LogP contribution in [0.15, 0.2) is 53.7 Å². The number of hydrogen-bond acceptors (Lipinski definition) is 5. The minimum atomic E-state index is -0.575. The monoisotopic (exact) mass is 537 g/mol. The predicted molar refractivity (Wildman–Crippen MR) is 136 cm³/mol. The molecule has 6 nitrogen and oxygen atoms in total. The van der Waals surface area contributed by atoms with Crippen LogP contribution in [-0.2, 0) is 6.54 Å². The summed E-state index contributed by atoms with van der Waals surface area (Å²) in [5, 5.41) is 18.3. The van der Waals surface area contributed by atoms with Crippen molar-refractivity contribution in [3.05, 3.63) is 59.1 Å². The van der Waals surface area contributed by atoms with Crippen LogP contribution in [0.25, 0.3) is 10.1 Å². The van der Waals surface area contributed by atoms with Crippen LogP contribution in [0.5, 0.6) is 0 Å². The van der Waals surface area contributed by atoms with Crippen molar-refractivity contribution in [1.29, 1.82) is 0 Å². The number of rotatable bonds is 6. The lowest BCUT2D eigenvalue weighted by atomic mass is 10.2. The average Bonchev–Trinajstić information content (AvgIpc) is 3.44. The number of aromatic nitrogens is 1. The largest absolute Gasteiger partial charge is 0.386 e. The highest BCUT2D eigenvalue weighted by Crippen LogP contribution is 2.29. The Balaban J connectivity index is 0.00000256. The molecule has 0 saturated carbocycles. The van der Waals surface area contributed by atoms with Gasteiger partial charge in [0.2, 0.25) is 0 Å². The summed E-state index contributed by atoms with van der Waals surface area (Å²) in [6, 6.07) is 14.4. The number of thiophene rings is 1. The number of nitrogens with one attached hydrogen (secondary N) is 2. The van der Waals surface area contributed by atoms with Crippen molar-refractivity contribution in [1.82, 2.24) is 15.6 Å². The molecule has 0 amide bonds. The molecule has 3 heterocycles. The molecule has 1 aliphatic heterocycles. The molecule has 30 heavy (non-hydrogen) atoms. The van der Waals surface area contributed by atoms with Crippen molar-refractivity contribution in [3.63, 3.8) is 0 Å². The van der Waals surface area contributed by atoms with Gasteiger partial charge in [0.1, 0.15) is 11.9 Å². The number of benzene rings is 1. The van der Waals surface area contributed by atoms with Crippen molar-refractivity contribution in [2.75, 3.05) is 31.6 Å². The lowest BCUT2D eigenvalue weighted by Gasteiger charge is -2.18. The fraction of sp³-hybridized carbons (Fsp3) is 0.364. The summed E-state index contributed by atoms with van der Waals surface area (Å²) in [5.74, 6) is 1.72. The van der Waals surface area contributed by atoms with Gasteiger partial charge in [-0.1, -0.05) is 18.2 Å². The molecular weight excluding hydrogens is 509 g/mol. The van der Waals surface area contributed by atoms with Crippen molar-refractivity contribution in [2.45, 2.75) is 25.5 Å². The van der Waals surface area contributed by atoms with Crippen LogP contribution in [0.1, 0.15) is 29.4 Å². The summed E-state index contributed by atoms with van der Waals surface area (Å²) in [6.45, 7) is 3.23. The van der Waals surface area contributed by atoms with Crippen molar-refractivity contribution in [3.8, 4) is 0 Å². The second kappa shape index (κ2) is 10.9. The highest BCUT2D eigenvalue weighted by Gasteiger charge is 2.14. The standard InChI is InChI=1S/C22H27N5OS.HI/c1-23-22(25-14-16-8-9-24-21(12-16)27-10-4-5-11-27)26-15-18(28)20-13-17-6-2-3-7-19(17)29-20;/h2-3,6-9,12-13,18,28H,4-5,10-11,14-15H2,1H3,(H2,23,25,26);1H. The normalized spacial score (nSPS) is 15.1. The van der Waals surface area contributed by atoms with Gasteiger partial charge in [0.15, 0.2) is 5.96 Å². The van der Waals surface area contributed by atoms with Gasteiger partial charge in [-0.2, -0.15) is 0 Å². The second-order valence-corrected chi connectivity index (χ2v) is 8.34. The Morgan fingerprint density at radius 1 is 1.20 bits per heavy atom. The Hall–Kier alpha value is -1.91. The third-order valence-corrected chi connectivity index (χ3v) is 6.38. The van der Waals surface area contributed by atoms with Gasteiger partial charge in [0.05, 0.1) is 0 Å². The summed E-state index contributed by atoms with van der Waals surface area (Å²) < 4.78 is 1.19. The number of aliphatic imine (C=N–C) groups is 1. The van der Waals surface area contributed by atoms with Crippen LogP contribution in [0.2, 0.25) is 0 Å². The summed E-state index contributed by atoms with van der Waals surface area (Å²) in [7, 11) is 1.74. The Labute approximate surface area is 198 Å². The zero-order chi connectivity index (χ0) is 20.1. The van der Waals surface area contributed by atoms with E-state index in [9.17, 15) is 5.11 Å². The van der Waals surface area contributed by atoms with Gasteiger partial charge in [-0.15, -0.1) is 35.3 Å². The van der Waals surface area contributed by atoms with Crippen LogP contribution in [-0.4, -0.2) is 42.7 Å². The Bertz CT molecular complexity index is 953. The van der Waals surface area contributed by atoms with E-state index in [0.717, 1.165) is 29.3 Å². The van der Waals surface area contributed by atoms with Crippen molar-refractivity contribution < 1.29 is 5.11 Å². The van der Waals surface area contributed by atoms with Gasteiger partial charge in [-0.05, 0) is 48.1 Å². The molecule has 8 heteroatoms. The molecular formula is C22H28IN5OS. The quantitative estimate of drug-likeness (QED) is 0.253. The lowest BCUT2D eigenvalue weighted by molar-refractivity contribution is 0.184. The molecule has 0 spiro atoms. The van der Waals surface area contributed by atoms with Gasteiger partial charge < -0.3 is 20.6 Å². The first-order chi connectivity index (χ1) is 14.2. The van der Waals surface area contributed by atoms with Crippen LogP contribution >= 0.6 is 35.3 Å².